The van der Waals surface area contributed by atoms with Gasteiger partial charge in [0.15, 0.2) is 11.5 Å². The fraction of sp³-hybridized carbons (Fsp3) is 0.250. The van der Waals surface area contributed by atoms with E-state index in [-0.39, 0.29) is 17.5 Å². The minimum atomic E-state index is -0.479. The third-order valence-electron chi connectivity index (χ3n) is 3.47. The number of hydrogen-bond donors (Lipinski definition) is 4. The van der Waals surface area contributed by atoms with Crippen LogP contribution < -0.4 is 5.32 Å². The van der Waals surface area contributed by atoms with E-state index in [2.05, 4.69) is 24.4 Å². The maximum Gasteiger partial charge on any atom is 0.200 e. The van der Waals surface area contributed by atoms with Crippen molar-refractivity contribution < 1.29 is 15.3 Å². The van der Waals surface area contributed by atoms with E-state index in [9.17, 15) is 15.3 Å². The van der Waals surface area contributed by atoms with Crippen LogP contribution in [0.4, 0.5) is 0 Å². The number of rotatable bonds is 4. The van der Waals surface area contributed by atoms with Crippen molar-refractivity contribution in [2.24, 2.45) is 0 Å². The average Bonchev–Trinajstić information content (AvgIpc) is 2.44. The first kappa shape index (κ1) is 14.2. The van der Waals surface area contributed by atoms with E-state index >= 15 is 0 Å². The van der Waals surface area contributed by atoms with Crippen molar-refractivity contribution in [3.8, 4) is 17.2 Å². The highest BCUT2D eigenvalue weighted by atomic mass is 16.3. The van der Waals surface area contributed by atoms with Gasteiger partial charge in [0.05, 0.1) is 0 Å². The van der Waals surface area contributed by atoms with Gasteiger partial charge in [0.1, 0.15) is 0 Å². The van der Waals surface area contributed by atoms with Gasteiger partial charge >= 0.3 is 0 Å². The topological polar surface area (TPSA) is 72.7 Å². The van der Waals surface area contributed by atoms with Gasteiger partial charge in [0.2, 0.25) is 5.75 Å². The molecular formula is C16H19NO3. The summed E-state index contributed by atoms with van der Waals surface area (Å²) in [4.78, 5) is 0. The molecule has 0 aliphatic carbocycles. The molecule has 2 aromatic rings. The number of benzene rings is 2. The molecule has 0 heterocycles. The molecule has 0 saturated carbocycles. The molecule has 4 heteroatoms. The summed E-state index contributed by atoms with van der Waals surface area (Å²) in [6, 6.07) is 11.2. The largest absolute Gasteiger partial charge is 0.504 e. The molecule has 0 saturated heterocycles. The molecule has 0 spiro atoms. The van der Waals surface area contributed by atoms with E-state index in [4.69, 9.17) is 0 Å². The molecule has 1 unspecified atom stereocenters. The quantitative estimate of drug-likeness (QED) is 0.646. The highest BCUT2D eigenvalue weighted by molar-refractivity contribution is 5.53. The van der Waals surface area contributed by atoms with E-state index < -0.39 is 5.75 Å². The second kappa shape index (κ2) is 5.84. The first-order chi connectivity index (χ1) is 9.50. The van der Waals surface area contributed by atoms with Crippen LogP contribution in [0.5, 0.6) is 17.2 Å². The Kier molecular flexibility index (Phi) is 4.15. The smallest absolute Gasteiger partial charge is 0.200 e. The van der Waals surface area contributed by atoms with Gasteiger partial charge in [-0.15, -0.1) is 0 Å². The minimum absolute atomic E-state index is 0.117. The summed E-state index contributed by atoms with van der Waals surface area (Å²) >= 11 is 0. The Morgan fingerprint density at radius 1 is 1.00 bits per heavy atom. The lowest BCUT2D eigenvalue weighted by atomic mass is 10.0. The Morgan fingerprint density at radius 2 is 1.70 bits per heavy atom. The Morgan fingerprint density at radius 3 is 2.40 bits per heavy atom. The van der Waals surface area contributed by atoms with Crippen molar-refractivity contribution >= 4 is 0 Å². The normalized spacial score (nSPS) is 12.3. The van der Waals surface area contributed by atoms with Gasteiger partial charge in [-0.3, -0.25) is 0 Å². The maximum atomic E-state index is 9.77. The lowest BCUT2D eigenvalue weighted by Gasteiger charge is -2.17. The standard InChI is InChI=1S/C16H19NO3/c1-10-5-3-4-6-13(10)11(2)17-9-12-7-8-14(18)16(20)15(12)19/h3-8,11,17-20H,9H2,1-2H3. The molecule has 0 bridgehead atoms. The highest BCUT2D eigenvalue weighted by Crippen LogP contribution is 2.37. The molecule has 0 fully saturated rings. The summed E-state index contributed by atoms with van der Waals surface area (Å²) in [7, 11) is 0. The molecule has 0 aliphatic heterocycles. The zero-order valence-electron chi connectivity index (χ0n) is 11.6. The summed E-state index contributed by atoms with van der Waals surface area (Å²) in [5.74, 6) is -1.08. The van der Waals surface area contributed by atoms with Gasteiger partial charge in [-0.25, -0.2) is 0 Å². The number of phenols is 3. The van der Waals surface area contributed by atoms with E-state index in [0.29, 0.717) is 12.1 Å². The van der Waals surface area contributed by atoms with Crippen molar-refractivity contribution in [2.75, 3.05) is 0 Å². The van der Waals surface area contributed by atoms with Crippen LogP contribution in [-0.2, 0) is 6.54 Å². The van der Waals surface area contributed by atoms with Gasteiger partial charge in [-0.1, -0.05) is 30.3 Å². The van der Waals surface area contributed by atoms with Crippen molar-refractivity contribution in [1.82, 2.24) is 5.32 Å². The molecule has 4 N–H and O–H groups in total. The molecule has 106 valence electrons. The summed E-state index contributed by atoms with van der Waals surface area (Å²) in [5, 5.41) is 31.8. The number of aromatic hydroxyl groups is 3. The summed E-state index contributed by atoms with van der Waals surface area (Å²) in [5.41, 5.74) is 2.93. The molecule has 20 heavy (non-hydrogen) atoms. The van der Waals surface area contributed by atoms with Crippen LogP contribution in [0.3, 0.4) is 0 Å². The Labute approximate surface area is 118 Å². The van der Waals surface area contributed by atoms with E-state index in [1.54, 1.807) is 6.07 Å². The van der Waals surface area contributed by atoms with Gasteiger partial charge in [-0.05, 0) is 31.0 Å². The number of hydrogen-bond acceptors (Lipinski definition) is 4. The molecule has 4 nitrogen and oxygen atoms in total. The van der Waals surface area contributed by atoms with Crippen molar-refractivity contribution in [3.05, 3.63) is 53.1 Å². The maximum absolute atomic E-state index is 9.77. The zero-order valence-corrected chi connectivity index (χ0v) is 11.6. The number of nitrogens with one attached hydrogen (secondary N) is 1. The van der Waals surface area contributed by atoms with Crippen LogP contribution in [-0.4, -0.2) is 15.3 Å². The fourth-order valence-corrected chi connectivity index (χ4v) is 2.20. The van der Waals surface area contributed by atoms with Crippen molar-refractivity contribution in [2.45, 2.75) is 26.4 Å². The molecule has 2 rings (SSSR count). The van der Waals surface area contributed by atoms with E-state index in [1.807, 2.05) is 19.1 Å². The summed E-state index contributed by atoms with van der Waals surface area (Å²) in [6.45, 7) is 4.49. The summed E-state index contributed by atoms with van der Waals surface area (Å²) < 4.78 is 0. The van der Waals surface area contributed by atoms with Gasteiger partial charge in [0, 0.05) is 18.2 Å². The van der Waals surface area contributed by atoms with Crippen LogP contribution in [0.1, 0.15) is 29.7 Å². The number of aryl methyl sites for hydroxylation is 1. The lowest BCUT2D eigenvalue weighted by molar-refractivity contribution is 0.363. The summed E-state index contributed by atoms with van der Waals surface area (Å²) in [6.07, 6.45) is 0. The molecule has 0 aromatic heterocycles. The minimum Gasteiger partial charge on any atom is -0.504 e. The van der Waals surface area contributed by atoms with Gasteiger partial charge in [-0.2, -0.15) is 0 Å². The second-order valence-corrected chi connectivity index (χ2v) is 4.90. The van der Waals surface area contributed by atoms with Crippen LogP contribution in [0.15, 0.2) is 36.4 Å². The Balaban J connectivity index is 2.10. The molecule has 0 radical (unpaired) electrons. The molecule has 1 atom stereocenters. The lowest BCUT2D eigenvalue weighted by Crippen LogP contribution is -2.18. The highest BCUT2D eigenvalue weighted by Gasteiger charge is 2.12. The Bertz CT molecular complexity index is 611. The molecule has 0 aliphatic rings. The number of phenolic OH excluding ortho intramolecular Hbond substituents is 3. The molecular weight excluding hydrogens is 254 g/mol. The molecule has 0 amide bonds. The molecule has 2 aromatic carbocycles. The predicted molar refractivity (Wildman–Crippen MR) is 77.9 cm³/mol. The van der Waals surface area contributed by atoms with Crippen LogP contribution in [0, 0.1) is 6.92 Å². The van der Waals surface area contributed by atoms with Gasteiger partial charge in [0.25, 0.3) is 0 Å². The van der Waals surface area contributed by atoms with Crippen LogP contribution >= 0.6 is 0 Å². The first-order valence-electron chi connectivity index (χ1n) is 6.52. The van der Waals surface area contributed by atoms with Crippen molar-refractivity contribution in [1.29, 1.82) is 0 Å². The third-order valence-corrected chi connectivity index (χ3v) is 3.47. The van der Waals surface area contributed by atoms with Crippen LogP contribution in [0.25, 0.3) is 0 Å². The first-order valence-corrected chi connectivity index (χ1v) is 6.52. The fourth-order valence-electron chi connectivity index (χ4n) is 2.20. The van der Waals surface area contributed by atoms with Crippen molar-refractivity contribution in [3.63, 3.8) is 0 Å². The average molecular weight is 273 g/mol. The zero-order chi connectivity index (χ0) is 14.7. The van der Waals surface area contributed by atoms with Gasteiger partial charge < -0.3 is 20.6 Å². The predicted octanol–water partition coefficient (Wildman–Crippen LogP) is 2.96. The second-order valence-electron chi connectivity index (χ2n) is 4.90. The monoisotopic (exact) mass is 273 g/mol. The van der Waals surface area contributed by atoms with E-state index in [1.165, 1.54) is 17.2 Å². The third kappa shape index (κ3) is 2.86. The van der Waals surface area contributed by atoms with E-state index in [0.717, 1.165) is 0 Å². The van der Waals surface area contributed by atoms with Crippen LogP contribution in [0.2, 0.25) is 0 Å². The SMILES string of the molecule is Cc1ccccc1C(C)NCc1ccc(O)c(O)c1O. The Hall–Kier alpha value is -2.20.